The molecule has 0 radical (unpaired) electrons. The molecule has 0 saturated carbocycles. The zero-order valence-corrected chi connectivity index (χ0v) is 26.9. The Morgan fingerprint density at radius 1 is 1.02 bits per heavy atom. The van der Waals surface area contributed by atoms with E-state index in [0.29, 0.717) is 46.2 Å². The first kappa shape index (κ1) is 29.7. The number of para-hydroxylation sites is 1. The van der Waals surface area contributed by atoms with E-state index < -0.39 is 12.0 Å². The molecule has 8 nitrogen and oxygen atoms in total. The Kier molecular flexibility index (Phi) is 8.54. The Balaban J connectivity index is 1.48. The van der Waals surface area contributed by atoms with Gasteiger partial charge in [0.1, 0.15) is 0 Å². The number of carbonyl (C=O) groups excluding carboxylic acids is 1. The lowest BCUT2D eigenvalue weighted by Gasteiger charge is -2.23. The number of halogens is 1. The van der Waals surface area contributed by atoms with Gasteiger partial charge in [-0.25, -0.2) is 9.79 Å². The molecule has 3 heterocycles. The lowest BCUT2D eigenvalue weighted by atomic mass is 9.97. The number of fused-ring (bicyclic) bond motifs is 2. The third-order valence-corrected chi connectivity index (χ3v) is 8.91. The van der Waals surface area contributed by atoms with Gasteiger partial charge in [0, 0.05) is 39.9 Å². The summed E-state index contributed by atoms with van der Waals surface area (Å²) in [5, 5.41) is 1.04. The number of rotatable bonds is 9. The summed E-state index contributed by atoms with van der Waals surface area (Å²) in [6.45, 7) is 5.38. The fraction of sp³-hybridized carbons (Fsp3) is 0.206. The molecule has 0 fully saturated rings. The predicted molar refractivity (Wildman–Crippen MR) is 175 cm³/mol. The summed E-state index contributed by atoms with van der Waals surface area (Å²) in [5.41, 5.74) is 3.85. The highest BCUT2D eigenvalue weighted by Gasteiger charge is 2.31. The van der Waals surface area contributed by atoms with Crippen LogP contribution in [0.2, 0.25) is 0 Å². The fourth-order valence-corrected chi connectivity index (χ4v) is 6.66. The summed E-state index contributed by atoms with van der Waals surface area (Å²) >= 11 is 4.79. The number of methoxy groups -OCH3 is 1. The van der Waals surface area contributed by atoms with Crippen molar-refractivity contribution in [3.63, 3.8) is 0 Å². The van der Waals surface area contributed by atoms with Gasteiger partial charge in [0.25, 0.3) is 5.56 Å². The van der Waals surface area contributed by atoms with Crippen molar-refractivity contribution in [1.29, 1.82) is 0 Å². The summed E-state index contributed by atoms with van der Waals surface area (Å²) in [6.07, 6.45) is 5.47. The SMILES string of the molecule is CCOc1ccc([C@@H]2C(C(=O)OC)=CN=c3s/c(=C/c4cn(Cc5ccc(Br)cc5)c5ccccc45)c(=O)n32)cc1OCC. The molecule has 5 aromatic rings. The van der Waals surface area contributed by atoms with Gasteiger partial charge in [-0.2, -0.15) is 0 Å². The van der Waals surface area contributed by atoms with Gasteiger partial charge in [0.2, 0.25) is 0 Å². The monoisotopic (exact) mass is 671 g/mol. The molecule has 0 bridgehead atoms. The molecule has 10 heteroatoms. The van der Waals surface area contributed by atoms with E-state index in [2.05, 4.69) is 56.0 Å². The van der Waals surface area contributed by atoms with E-state index in [0.717, 1.165) is 26.5 Å². The second-order valence-electron chi connectivity index (χ2n) is 10.1. The molecule has 1 aliphatic heterocycles. The summed E-state index contributed by atoms with van der Waals surface area (Å²) in [6, 6.07) is 21.1. The van der Waals surface area contributed by atoms with E-state index in [1.165, 1.54) is 24.6 Å². The van der Waals surface area contributed by atoms with Crippen LogP contribution in [-0.4, -0.2) is 35.4 Å². The number of benzene rings is 3. The Morgan fingerprint density at radius 3 is 2.52 bits per heavy atom. The van der Waals surface area contributed by atoms with Crippen molar-refractivity contribution in [2.45, 2.75) is 26.4 Å². The summed E-state index contributed by atoms with van der Waals surface area (Å²) < 4.78 is 22.0. The average molecular weight is 673 g/mol. The van der Waals surface area contributed by atoms with Crippen LogP contribution in [0.3, 0.4) is 0 Å². The van der Waals surface area contributed by atoms with E-state index in [1.807, 2.05) is 56.3 Å². The van der Waals surface area contributed by atoms with E-state index in [1.54, 1.807) is 10.6 Å². The Labute approximate surface area is 266 Å². The molecular formula is C34H30BrN3O5S. The topological polar surface area (TPSA) is 84.0 Å². The second kappa shape index (κ2) is 12.7. The fourth-order valence-electron chi connectivity index (χ4n) is 5.44. The van der Waals surface area contributed by atoms with Crippen LogP contribution in [0.5, 0.6) is 11.5 Å². The largest absolute Gasteiger partial charge is 0.490 e. The van der Waals surface area contributed by atoms with Gasteiger partial charge in [-0.1, -0.05) is 63.7 Å². The molecule has 0 amide bonds. The first-order chi connectivity index (χ1) is 21.4. The zero-order valence-electron chi connectivity index (χ0n) is 24.5. The third-order valence-electron chi connectivity index (χ3n) is 7.38. The van der Waals surface area contributed by atoms with E-state index in [-0.39, 0.29) is 11.1 Å². The molecule has 2 aromatic heterocycles. The van der Waals surface area contributed by atoms with Gasteiger partial charge in [-0.15, -0.1) is 0 Å². The molecule has 6 rings (SSSR count). The average Bonchev–Trinajstić information content (AvgIpc) is 3.55. The summed E-state index contributed by atoms with van der Waals surface area (Å²) in [5.74, 6) is 0.568. The second-order valence-corrected chi connectivity index (χ2v) is 12.0. The van der Waals surface area contributed by atoms with Crippen LogP contribution < -0.4 is 24.4 Å². The Hall–Kier alpha value is -4.41. The molecule has 0 N–H and O–H groups in total. The number of thiazole rings is 1. The highest BCUT2D eigenvalue weighted by molar-refractivity contribution is 9.10. The molecule has 1 atom stereocenters. The van der Waals surface area contributed by atoms with Crippen LogP contribution >= 0.6 is 27.3 Å². The van der Waals surface area contributed by atoms with Gasteiger partial charge in [-0.05, 0) is 61.4 Å². The molecule has 3 aromatic carbocycles. The van der Waals surface area contributed by atoms with Gasteiger partial charge < -0.3 is 18.8 Å². The molecule has 44 heavy (non-hydrogen) atoms. The van der Waals surface area contributed by atoms with Crippen molar-refractivity contribution >= 4 is 50.2 Å². The van der Waals surface area contributed by atoms with Crippen molar-refractivity contribution in [3.8, 4) is 11.5 Å². The smallest absolute Gasteiger partial charge is 0.337 e. The molecule has 1 aliphatic rings. The van der Waals surface area contributed by atoms with Gasteiger partial charge in [0.05, 0.1) is 36.5 Å². The highest BCUT2D eigenvalue weighted by atomic mass is 79.9. The molecule has 0 aliphatic carbocycles. The molecule has 0 saturated heterocycles. The van der Waals surface area contributed by atoms with Crippen LogP contribution in [0, 0.1) is 0 Å². The van der Waals surface area contributed by atoms with Crippen molar-refractivity contribution < 1.29 is 19.0 Å². The lowest BCUT2D eigenvalue weighted by molar-refractivity contribution is -0.136. The number of carbonyl (C=O) groups is 1. The number of ether oxygens (including phenoxy) is 3. The van der Waals surface area contributed by atoms with E-state index >= 15 is 0 Å². The van der Waals surface area contributed by atoms with E-state index in [4.69, 9.17) is 14.2 Å². The van der Waals surface area contributed by atoms with Crippen LogP contribution in [-0.2, 0) is 16.1 Å². The molecule has 0 unspecified atom stereocenters. The van der Waals surface area contributed by atoms with Gasteiger partial charge in [0.15, 0.2) is 16.3 Å². The maximum absolute atomic E-state index is 14.1. The lowest BCUT2D eigenvalue weighted by Crippen LogP contribution is -2.39. The molecular weight excluding hydrogens is 642 g/mol. The molecule has 0 spiro atoms. The van der Waals surface area contributed by atoms with Crippen LogP contribution in [0.4, 0.5) is 0 Å². The summed E-state index contributed by atoms with van der Waals surface area (Å²) in [4.78, 5) is 32.1. The van der Waals surface area contributed by atoms with Crippen molar-refractivity contribution in [2.75, 3.05) is 20.3 Å². The van der Waals surface area contributed by atoms with Crippen LogP contribution in [0.15, 0.2) is 99.0 Å². The standard InChI is InChI=1S/C34H30BrN3O5S/c1-4-42-28-15-12-22(16-29(28)43-5-2)31-26(33(40)41-3)18-36-34-38(31)32(39)30(44-34)17-23-20-37(27-9-7-6-8-25(23)27)19-21-10-13-24(35)14-11-21/h6-18,20,31H,4-5,19H2,1-3H3/b30-17+/t31-/m1/s1. The first-order valence-electron chi connectivity index (χ1n) is 14.2. The first-order valence-corrected chi connectivity index (χ1v) is 15.8. The predicted octanol–water partition coefficient (Wildman–Crippen LogP) is 5.58. The van der Waals surface area contributed by atoms with Crippen molar-refractivity contribution in [2.24, 2.45) is 4.99 Å². The minimum Gasteiger partial charge on any atom is -0.490 e. The maximum atomic E-state index is 14.1. The normalized spacial score (nSPS) is 14.6. The van der Waals surface area contributed by atoms with Crippen molar-refractivity contribution in [1.82, 2.24) is 9.13 Å². The number of aromatic nitrogens is 2. The molecule has 224 valence electrons. The van der Waals surface area contributed by atoms with Crippen LogP contribution in [0.25, 0.3) is 17.0 Å². The number of nitrogens with zero attached hydrogens (tertiary/aromatic N) is 3. The van der Waals surface area contributed by atoms with Gasteiger partial charge >= 0.3 is 5.97 Å². The number of hydrogen-bond donors (Lipinski definition) is 0. The summed E-state index contributed by atoms with van der Waals surface area (Å²) in [7, 11) is 1.32. The quantitative estimate of drug-likeness (QED) is 0.191. The van der Waals surface area contributed by atoms with E-state index in [9.17, 15) is 9.59 Å². The Bertz CT molecular complexity index is 2070. The number of esters is 1. The van der Waals surface area contributed by atoms with Crippen molar-refractivity contribution in [3.05, 3.63) is 126 Å². The third kappa shape index (κ3) is 5.62. The zero-order chi connectivity index (χ0) is 30.8. The number of hydrogen-bond acceptors (Lipinski definition) is 7. The Morgan fingerprint density at radius 2 is 1.77 bits per heavy atom. The van der Waals surface area contributed by atoms with Crippen LogP contribution in [0.1, 0.15) is 36.6 Å². The minimum absolute atomic E-state index is 0.246. The highest BCUT2D eigenvalue weighted by Crippen LogP contribution is 2.35. The maximum Gasteiger partial charge on any atom is 0.337 e. The minimum atomic E-state index is -0.755. The van der Waals surface area contributed by atoms with Gasteiger partial charge in [-0.3, -0.25) is 9.36 Å².